The zero-order valence-electron chi connectivity index (χ0n) is 7.93. The minimum Gasteiger partial charge on any atom is -0.389 e. The standard InChI is InChI=1S/C10H12ClNO2S/c11-5-8(13)9(14)6-1-3-7(4-2-6)10(12)15/h1-4,8-9,13-14H,5H2,(H2,12,15). The van der Waals surface area contributed by atoms with Crippen molar-refractivity contribution < 1.29 is 10.2 Å². The minimum atomic E-state index is -0.983. The third-order valence-corrected chi connectivity index (χ3v) is 2.61. The minimum absolute atomic E-state index is 0.0157. The van der Waals surface area contributed by atoms with E-state index in [9.17, 15) is 10.2 Å². The van der Waals surface area contributed by atoms with Crippen LogP contribution < -0.4 is 5.73 Å². The first-order valence-electron chi connectivity index (χ1n) is 4.38. The number of aliphatic hydroxyl groups is 2. The van der Waals surface area contributed by atoms with Gasteiger partial charge in [0, 0.05) is 5.56 Å². The van der Waals surface area contributed by atoms with Gasteiger partial charge >= 0.3 is 0 Å². The Morgan fingerprint density at radius 1 is 1.33 bits per heavy atom. The van der Waals surface area contributed by atoms with Gasteiger partial charge in [0.1, 0.15) is 11.1 Å². The SMILES string of the molecule is NC(=S)c1ccc(C(O)C(O)CCl)cc1. The van der Waals surface area contributed by atoms with Gasteiger partial charge in [0.05, 0.1) is 12.0 Å². The van der Waals surface area contributed by atoms with E-state index < -0.39 is 12.2 Å². The second-order valence-electron chi connectivity index (χ2n) is 3.15. The van der Waals surface area contributed by atoms with Crippen LogP contribution in [0.15, 0.2) is 24.3 Å². The molecular formula is C10H12ClNO2S. The molecule has 15 heavy (non-hydrogen) atoms. The van der Waals surface area contributed by atoms with E-state index in [-0.39, 0.29) is 5.88 Å². The number of thiocarbonyl (C=S) groups is 1. The molecule has 0 aromatic heterocycles. The molecule has 0 saturated carbocycles. The number of benzene rings is 1. The molecule has 1 aromatic rings. The number of nitrogens with two attached hydrogens (primary N) is 1. The normalized spacial score (nSPS) is 14.6. The van der Waals surface area contributed by atoms with E-state index in [1.165, 1.54) is 0 Å². The molecule has 0 spiro atoms. The summed E-state index contributed by atoms with van der Waals surface area (Å²) >= 11 is 10.2. The van der Waals surface area contributed by atoms with Crippen molar-refractivity contribution >= 4 is 28.8 Å². The lowest BCUT2D eigenvalue weighted by molar-refractivity contribution is 0.0327. The fraction of sp³-hybridized carbons (Fsp3) is 0.300. The molecule has 2 unspecified atom stereocenters. The smallest absolute Gasteiger partial charge is 0.106 e. The first kappa shape index (κ1) is 12.4. The van der Waals surface area contributed by atoms with Crippen LogP contribution in [0.4, 0.5) is 0 Å². The number of alkyl halides is 1. The van der Waals surface area contributed by atoms with Crippen molar-refractivity contribution in [2.24, 2.45) is 5.73 Å². The molecule has 3 nitrogen and oxygen atoms in total. The molecule has 82 valence electrons. The summed E-state index contributed by atoms with van der Waals surface area (Å²) in [6.07, 6.45) is -1.95. The van der Waals surface area contributed by atoms with Crippen LogP contribution in [0.3, 0.4) is 0 Å². The van der Waals surface area contributed by atoms with Gasteiger partial charge in [-0.05, 0) is 5.56 Å². The number of halogens is 1. The van der Waals surface area contributed by atoms with Gasteiger partial charge in [-0.25, -0.2) is 0 Å². The van der Waals surface area contributed by atoms with Crippen LogP contribution in [0.25, 0.3) is 0 Å². The van der Waals surface area contributed by atoms with Crippen molar-refractivity contribution in [1.82, 2.24) is 0 Å². The summed E-state index contributed by atoms with van der Waals surface area (Å²) in [5, 5.41) is 18.9. The van der Waals surface area contributed by atoms with Gasteiger partial charge in [-0.3, -0.25) is 0 Å². The lowest BCUT2D eigenvalue weighted by Gasteiger charge is -2.15. The molecule has 0 aliphatic rings. The molecular weight excluding hydrogens is 234 g/mol. The van der Waals surface area contributed by atoms with Gasteiger partial charge in [0.2, 0.25) is 0 Å². The topological polar surface area (TPSA) is 66.5 Å². The number of aliphatic hydroxyl groups excluding tert-OH is 2. The quantitative estimate of drug-likeness (QED) is 0.546. The molecule has 0 heterocycles. The van der Waals surface area contributed by atoms with E-state index in [0.717, 1.165) is 5.56 Å². The summed E-state index contributed by atoms with van der Waals surface area (Å²) in [5.74, 6) is -0.0157. The average molecular weight is 246 g/mol. The maximum atomic E-state index is 9.62. The number of hydrogen-bond acceptors (Lipinski definition) is 3. The molecule has 0 bridgehead atoms. The molecule has 0 saturated heterocycles. The highest BCUT2D eigenvalue weighted by molar-refractivity contribution is 7.80. The summed E-state index contributed by atoms with van der Waals surface area (Å²) in [6.45, 7) is 0. The number of hydrogen-bond donors (Lipinski definition) is 3. The first-order chi connectivity index (χ1) is 7.06. The Labute approximate surface area is 98.5 Å². The highest BCUT2D eigenvalue weighted by Crippen LogP contribution is 2.18. The number of rotatable bonds is 4. The fourth-order valence-corrected chi connectivity index (χ4v) is 1.46. The van der Waals surface area contributed by atoms with Gasteiger partial charge in [0.25, 0.3) is 0 Å². The average Bonchev–Trinajstić information content (AvgIpc) is 2.27. The molecule has 0 fully saturated rings. The van der Waals surface area contributed by atoms with E-state index in [2.05, 4.69) is 0 Å². The highest BCUT2D eigenvalue weighted by Gasteiger charge is 2.16. The Bertz CT molecular complexity index is 342. The first-order valence-corrected chi connectivity index (χ1v) is 5.32. The van der Waals surface area contributed by atoms with Crippen LogP contribution in [-0.2, 0) is 0 Å². The van der Waals surface area contributed by atoms with Crippen molar-refractivity contribution in [3.8, 4) is 0 Å². The van der Waals surface area contributed by atoms with E-state index >= 15 is 0 Å². The molecule has 5 heteroatoms. The Kier molecular flexibility index (Phi) is 4.47. The predicted molar refractivity (Wildman–Crippen MR) is 64.0 cm³/mol. The zero-order chi connectivity index (χ0) is 11.4. The lowest BCUT2D eigenvalue weighted by Crippen LogP contribution is -2.19. The lowest BCUT2D eigenvalue weighted by atomic mass is 10.0. The Morgan fingerprint density at radius 2 is 1.87 bits per heavy atom. The maximum Gasteiger partial charge on any atom is 0.106 e. The third-order valence-electron chi connectivity index (χ3n) is 2.06. The van der Waals surface area contributed by atoms with Crippen molar-refractivity contribution in [2.45, 2.75) is 12.2 Å². The van der Waals surface area contributed by atoms with Gasteiger partial charge in [-0.1, -0.05) is 36.5 Å². The van der Waals surface area contributed by atoms with Crippen LogP contribution >= 0.6 is 23.8 Å². The highest BCUT2D eigenvalue weighted by atomic mass is 35.5. The van der Waals surface area contributed by atoms with Crippen LogP contribution in [0.2, 0.25) is 0 Å². The summed E-state index contributed by atoms with van der Waals surface area (Å²) in [4.78, 5) is 0.300. The van der Waals surface area contributed by atoms with E-state index in [1.54, 1.807) is 24.3 Å². The third kappa shape index (κ3) is 3.14. The van der Waals surface area contributed by atoms with Crippen molar-refractivity contribution in [1.29, 1.82) is 0 Å². The van der Waals surface area contributed by atoms with Crippen LogP contribution in [0.5, 0.6) is 0 Å². The summed E-state index contributed by atoms with van der Waals surface area (Å²) in [5.41, 5.74) is 6.73. The summed E-state index contributed by atoms with van der Waals surface area (Å²) < 4.78 is 0. The van der Waals surface area contributed by atoms with Gasteiger partial charge < -0.3 is 15.9 Å². The molecule has 0 aliphatic carbocycles. The van der Waals surface area contributed by atoms with Crippen LogP contribution in [-0.4, -0.2) is 27.2 Å². The van der Waals surface area contributed by atoms with Gasteiger partial charge in [-0.15, -0.1) is 11.6 Å². The van der Waals surface area contributed by atoms with E-state index in [4.69, 9.17) is 29.6 Å². The van der Waals surface area contributed by atoms with Crippen molar-refractivity contribution in [2.75, 3.05) is 5.88 Å². The largest absolute Gasteiger partial charge is 0.389 e. The van der Waals surface area contributed by atoms with E-state index in [1.807, 2.05) is 0 Å². The fourth-order valence-electron chi connectivity index (χ4n) is 1.15. The molecule has 2 atom stereocenters. The van der Waals surface area contributed by atoms with Crippen LogP contribution in [0, 0.1) is 0 Å². The monoisotopic (exact) mass is 245 g/mol. The van der Waals surface area contributed by atoms with E-state index in [0.29, 0.717) is 10.6 Å². The zero-order valence-corrected chi connectivity index (χ0v) is 9.50. The summed E-state index contributed by atoms with van der Waals surface area (Å²) in [7, 11) is 0. The predicted octanol–water partition coefficient (Wildman–Crippen LogP) is 0.954. The Hall–Kier alpha value is -0.680. The molecule has 1 aromatic carbocycles. The molecule has 4 N–H and O–H groups in total. The second-order valence-corrected chi connectivity index (χ2v) is 3.90. The maximum absolute atomic E-state index is 9.62. The Morgan fingerprint density at radius 3 is 2.27 bits per heavy atom. The summed E-state index contributed by atoms with van der Waals surface area (Å²) in [6, 6.07) is 6.72. The van der Waals surface area contributed by atoms with Crippen molar-refractivity contribution in [3.05, 3.63) is 35.4 Å². The molecule has 0 amide bonds. The van der Waals surface area contributed by atoms with Gasteiger partial charge in [-0.2, -0.15) is 0 Å². The molecule has 0 aliphatic heterocycles. The molecule has 0 radical (unpaired) electrons. The van der Waals surface area contributed by atoms with Crippen molar-refractivity contribution in [3.63, 3.8) is 0 Å². The van der Waals surface area contributed by atoms with Gasteiger partial charge in [0.15, 0.2) is 0 Å². The molecule has 1 rings (SSSR count). The van der Waals surface area contributed by atoms with Crippen LogP contribution in [0.1, 0.15) is 17.2 Å². The second kappa shape index (κ2) is 5.42. The Balaban J connectivity index is 2.84.